The highest BCUT2D eigenvalue weighted by atomic mass is 35.5. The summed E-state index contributed by atoms with van der Waals surface area (Å²) in [4.78, 5) is 8.76. The van der Waals surface area contributed by atoms with Gasteiger partial charge in [-0.3, -0.25) is 4.57 Å². The summed E-state index contributed by atoms with van der Waals surface area (Å²) >= 11 is 5.79. The van der Waals surface area contributed by atoms with Crippen LogP contribution in [-0.4, -0.2) is 21.6 Å². The summed E-state index contributed by atoms with van der Waals surface area (Å²) in [6.45, 7) is 0. The SMILES string of the molecule is COc1ccc2ncn(-c3ccc(CCl)cc3)c2n1. The fraction of sp³-hybridized carbons (Fsp3) is 0.143. The maximum absolute atomic E-state index is 5.79. The van der Waals surface area contributed by atoms with Crippen molar-refractivity contribution >= 4 is 22.8 Å². The molecule has 19 heavy (non-hydrogen) atoms. The first-order valence-electron chi connectivity index (χ1n) is 5.85. The molecule has 3 rings (SSSR count). The van der Waals surface area contributed by atoms with Crippen molar-refractivity contribution in [3.8, 4) is 11.6 Å². The Labute approximate surface area is 115 Å². The van der Waals surface area contributed by atoms with Crippen LogP contribution in [0.1, 0.15) is 5.56 Å². The van der Waals surface area contributed by atoms with Crippen molar-refractivity contribution in [1.82, 2.24) is 14.5 Å². The molecule has 0 amide bonds. The largest absolute Gasteiger partial charge is 0.481 e. The van der Waals surface area contributed by atoms with Gasteiger partial charge in [0.1, 0.15) is 11.8 Å². The summed E-state index contributed by atoms with van der Waals surface area (Å²) in [6, 6.07) is 11.7. The molecule has 0 atom stereocenters. The van der Waals surface area contributed by atoms with E-state index in [2.05, 4.69) is 9.97 Å². The normalized spacial score (nSPS) is 10.8. The number of nitrogens with zero attached hydrogens (tertiary/aromatic N) is 3. The Morgan fingerprint density at radius 1 is 1.16 bits per heavy atom. The first kappa shape index (κ1) is 12.0. The van der Waals surface area contributed by atoms with Crippen LogP contribution in [0.4, 0.5) is 0 Å². The van der Waals surface area contributed by atoms with Gasteiger partial charge >= 0.3 is 0 Å². The number of aromatic nitrogens is 3. The molecule has 0 bridgehead atoms. The first-order valence-corrected chi connectivity index (χ1v) is 6.38. The topological polar surface area (TPSA) is 39.9 Å². The molecule has 1 aromatic carbocycles. The van der Waals surface area contributed by atoms with Gasteiger partial charge in [0.05, 0.1) is 7.11 Å². The van der Waals surface area contributed by atoms with Crippen molar-refractivity contribution in [3.05, 3.63) is 48.3 Å². The number of imidazole rings is 1. The number of fused-ring (bicyclic) bond motifs is 1. The number of hydrogen-bond acceptors (Lipinski definition) is 3. The lowest BCUT2D eigenvalue weighted by atomic mass is 10.2. The number of methoxy groups -OCH3 is 1. The number of halogens is 1. The Kier molecular flexibility index (Phi) is 3.09. The molecule has 0 spiro atoms. The van der Waals surface area contributed by atoms with E-state index >= 15 is 0 Å². The average molecular weight is 274 g/mol. The predicted molar refractivity (Wildman–Crippen MR) is 75.0 cm³/mol. The van der Waals surface area contributed by atoms with Gasteiger partial charge in [0.25, 0.3) is 0 Å². The molecule has 5 heteroatoms. The lowest BCUT2D eigenvalue weighted by Gasteiger charge is -2.05. The smallest absolute Gasteiger partial charge is 0.215 e. The maximum atomic E-state index is 5.79. The zero-order valence-electron chi connectivity index (χ0n) is 10.4. The third-order valence-electron chi connectivity index (χ3n) is 2.95. The standard InChI is InChI=1S/C14H12ClN3O/c1-19-13-7-6-12-14(17-13)18(9-16-12)11-4-2-10(8-15)3-5-11/h2-7,9H,8H2,1H3. The summed E-state index contributed by atoms with van der Waals surface area (Å²) in [5.74, 6) is 1.09. The number of pyridine rings is 1. The minimum Gasteiger partial charge on any atom is -0.481 e. The molecule has 2 aromatic heterocycles. The summed E-state index contributed by atoms with van der Waals surface area (Å²) < 4.78 is 7.08. The van der Waals surface area contributed by atoms with Gasteiger partial charge in [-0.15, -0.1) is 11.6 Å². The van der Waals surface area contributed by atoms with E-state index in [9.17, 15) is 0 Å². The highest BCUT2D eigenvalue weighted by Gasteiger charge is 2.07. The number of ether oxygens (including phenoxy) is 1. The monoisotopic (exact) mass is 273 g/mol. The summed E-state index contributed by atoms with van der Waals surface area (Å²) in [6.07, 6.45) is 1.76. The molecule has 4 nitrogen and oxygen atoms in total. The number of alkyl halides is 1. The van der Waals surface area contributed by atoms with E-state index in [0.29, 0.717) is 11.8 Å². The zero-order valence-corrected chi connectivity index (χ0v) is 11.1. The van der Waals surface area contributed by atoms with E-state index in [-0.39, 0.29) is 0 Å². The molecule has 2 heterocycles. The molecule has 3 aromatic rings. The zero-order chi connectivity index (χ0) is 13.2. The minimum atomic E-state index is 0.511. The van der Waals surface area contributed by atoms with Crippen molar-refractivity contribution in [3.63, 3.8) is 0 Å². The third-order valence-corrected chi connectivity index (χ3v) is 3.26. The van der Waals surface area contributed by atoms with Crippen LogP contribution >= 0.6 is 11.6 Å². The first-order chi connectivity index (χ1) is 9.31. The highest BCUT2D eigenvalue weighted by molar-refractivity contribution is 6.17. The van der Waals surface area contributed by atoms with E-state index in [1.165, 1.54) is 0 Å². The van der Waals surface area contributed by atoms with Crippen LogP contribution in [0, 0.1) is 0 Å². The van der Waals surface area contributed by atoms with Crippen molar-refractivity contribution in [2.24, 2.45) is 0 Å². The minimum absolute atomic E-state index is 0.511. The second-order valence-corrected chi connectivity index (χ2v) is 4.38. The lowest BCUT2D eigenvalue weighted by molar-refractivity contribution is 0.399. The van der Waals surface area contributed by atoms with E-state index < -0.39 is 0 Å². The number of rotatable bonds is 3. The number of benzene rings is 1. The Balaban J connectivity index is 2.12. The fourth-order valence-electron chi connectivity index (χ4n) is 1.92. The molecule has 0 fully saturated rings. The molecule has 0 radical (unpaired) electrons. The molecule has 0 saturated carbocycles. The molecule has 0 aliphatic rings. The van der Waals surface area contributed by atoms with E-state index in [4.69, 9.17) is 16.3 Å². The van der Waals surface area contributed by atoms with Gasteiger partial charge < -0.3 is 4.74 Å². The Morgan fingerprint density at radius 3 is 2.63 bits per heavy atom. The lowest BCUT2D eigenvalue weighted by Crippen LogP contribution is -1.95. The van der Waals surface area contributed by atoms with E-state index in [1.54, 1.807) is 19.5 Å². The van der Waals surface area contributed by atoms with Crippen LogP contribution in [0.3, 0.4) is 0 Å². The molecule has 0 aliphatic carbocycles. The quantitative estimate of drug-likeness (QED) is 0.688. The van der Waals surface area contributed by atoms with Crippen LogP contribution in [0.2, 0.25) is 0 Å². The average Bonchev–Trinajstić information content (AvgIpc) is 2.90. The van der Waals surface area contributed by atoms with Crippen LogP contribution in [0.25, 0.3) is 16.9 Å². The Hall–Kier alpha value is -2.07. The molecular weight excluding hydrogens is 262 g/mol. The number of hydrogen-bond donors (Lipinski definition) is 0. The molecule has 0 unspecified atom stereocenters. The van der Waals surface area contributed by atoms with Crippen LogP contribution < -0.4 is 4.74 Å². The van der Waals surface area contributed by atoms with Gasteiger partial charge in [-0.2, -0.15) is 4.98 Å². The molecule has 0 aliphatic heterocycles. The van der Waals surface area contributed by atoms with Crippen molar-refractivity contribution in [2.45, 2.75) is 5.88 Å². The van der Waals surface area contributed by atoms with Crippen LogP contribution in [0.5, 0.6) is 5.88 Å². The van der Waals surface area contributed by atoms with Crippen LogP contribution in [-0.2, 0) is 5.88 Å². The summed E-state index contributed by atoms with van der Waals surface area (Å²) in [5, 5.41) is 0. The van der Waals surface area contributed by atoms with Gasteiger partial charge in [0.2, 0.25) is 5.88 Å². The van der Waals surface area contributed by atoms with Gasteiger partial charge in [-0.1, -0.05) is 12.1 Å². The van der Waals surface area contributed by atoms with E-state index in [0.717, 1.165) is 22.4 Å². The van der Waals surface area contributed by atoms with Gasteiger partial charge in [-0.05, 0) is 23.8 Å². The van der Waals surface area contributed by atoms with Crippen molar-refractivity contribution < 1.29 is 4.74 Å². The van der Waals surface area contributed by atoms with Gasteiger partial charge in [-0.25, -0.2) is 4.98 Å². The maximum Gasteiger partial charge on any atom is 0.215 e. The Bertz CT molecular complexity index is 706. The fourth-order valence-corrected chi connectivity index (χ4v) is 2.10. The third kappa shape index (κ3) is 2.15. The summed E-state index contributed by atoms with van der Waals surface area (Å²) in [7, 11) is 1.60. The molecule has 0 N–H and O–H groups in total. The van der Waals surface area contributed by atoms with Gasteiger partial charge in [0, 0.05) is 17.6 Å². The highest BCUT2D eigenvalue weighted by Crippen LogP contribution is 2.19. The van der Waals surface area contributed by atoms with Gasteiger partial charge in [0.15, 0.2) is 5.65 Å². The molecule has 0 saturated heterocycles. The van der Waals surface area contributed by atoms with Crippen molar-refractivity contribution in [2.75, 3.05) is 7.11 Å². The van der Waals surface area contributed by atoms with Crippen molar-refractivity contribution in [1.29, 1.82) is 0 Å². The van der Waals surface area contributed by atoms with E-state index in [1.807, 2.05) is 34.9 Å². The second kappa shape index (κ2) is 4.90. The predicted octanol–water partition coefficient (Wildman–Crippen LogP) is 3.17. The molecule has 96 valence electrons. The van der Waals surface area contributed by atoms with Crippen LogP contribution in [0.15, 0.2) is 42.7 Å². The summed E-state index contributed by atoms with van der Waals surface area (Å²) in [5.41, 5.74) is 3.69. The molecular formula is C14H12ClN3O. The Morgan fingerprint density at radius 2 is 1.95 bits per heavy atom. The second-order valence-electron chi connectivity index (χ2n) is 4.11.